The van der Waals surface area contributed by atoms with Crippen LogP contribution in [0.3, 0.4) is 0 Å². The summed E-state index contributed by atoms with van der Waals surface area (Å²) in [5, 5.41) is 10.5. The van der Waals surface area contributed by atoms with Gasteiger partial charge in [-0.15, -0.1) is 0 Å². The van der Waals surface area contributed by atoms with E-state index >= 15 is 0 Å². The van der Waals surface area contributed by atoms with Crippen molar-refractivity contribution in [2.45, 2.75) is 6.17 Å². The van der Waals surface area contributed by atoms with Crippen LogP contribution < -0.4 is 10.1 Å². The highest BCUT2D eigenvalue weighted by Crippen LogP contribution is 2.22. The van der Waals surface area contributed by atoms with Crippen LogP contribution in [-0.4, -0.2) is 35.9 Å². The minimum atomic E-state index is -0.577. The van der Waals surface area contributed by atoms with Gasteiger partial charge in [0, 0.05) is 5.56 Å². The summed E-state index contributed by atoms with van der Waals surface area (Å²) in [7, 11) is 1.57. The van der Waals surface area contributed by atoms with Crippen molar-refractivity contribution >= 4 is 28.6 Å². The summed E-state index contributed by atoms with van der Waals surface area (Å²) in [4.78, 5) is 28.1. The zero-order valence-electron chi connectivity index (χ0n) is 11.6. The van der Waals surface area contributed by atoms with Gasteiger partial charge in [-0.2, -0.15) is 10.2 Å². The lowest BCUT2D eigenvalue weighted by Crippen LogP contribution is -2.38. The number of thioether (sulfide) groups is 1. The van der Waals surface area contributed by atoms with Crippen molar-refractivity contribution in [1.82, 2.24) is 5.32 Å². The lowest BCUT2D eigenvalue weighted by Gasteiger charge is -2.16. The third-order valence-electron chi connectivity index (χ3n) is 3.13. The maximum absolute atomic E-state index is 12.1. The molecule has 2 heterocycles. The Morgan fingerprint density at radius 3 is 2.86 bits per heavy atom. The van der Waals surface area contributed by atoms with Crippen LogP contribution in [0, 0.1) is 0 Å². The highest BCUT2D eigenvalue weighted by molar-refractivity contribution is 8.14. The fraction of sp³-hybridized carbons (Fsp3) is 0.214. The summed E-state index contributed by atoms with van der Waals surface area (Å²) >= 11 is 1.17. The van der Waals surface area contributed by atoms with Crippen LogP contribution in [0.15, 0.2) is 51.3 Å². The van der Waals surface area contributed by atoms with E-state index in [-0.39, 0.29) is 17.4 Å². The van der Waals surface area contributed by atoms with E-state index in [2.05, 4.69) is 20.5 Å². The molecular weight excluding hydrogens is 304 g/mol. The molecule has 1 unspecified atom stereocenters. The molecule has 1 atom stereocenters. The molecule has 0 saturated carbocycles. The first-order chi connectivity index (χ1) is 10.7. The van der Waals surface area contributed by atoms with E-state index in [9.17, 15) is 9.59 Å². The average Bonchev–Trinajstić information content (AvgIpc) is 3.02. The predicted molar refractivity (Wildman–Crippen MR) is 82.1 cm³/mol. The average molecular weight is 316 g/mol. The fourth-order valence-corrected chi connectivity index (χ4v) is 2.71. The minimum Gasteiger partial charge on any atom is -0.497 e. The molecule has 2 aliphatic heterocycles. The molecule has 0 spiro atoms. The van der Waals surface area contributed by atoms with Crippen molar-refractivity contribution in [1.29, 1.82) is 0 Å². The second-order valence-corrected chi connectivity index (χ2v) is 5.48. The van der Waals surface area contributed by atoms with Crippen molar-refractivity contribution in [3.63, 3.8) is 0 Å². The summed E-state index contributed by atoms with van der Waals surface area (Å²) in [5.41, 5.74) is 1.00. The number of Topliss-reactive ketones (excluding diaryl/α,β-unsaturated/α-hetero) is 1. The highest BCUT2D eigenvalue weighted by atomic mass is 32.2. The SMILES string of the molecule is COc1ccc(C(=O)CSC2=NC3N=NC=C3C(=O)N2)cc1. The van der Waals surface area contributed by atoms with E-state index in [1.807, 2.05) is 0 Å². The summed E-state index contributed by atoms with van der Waals surface area (Å²) in [6.45, 7) is 0. The minimum absolute atomic E-state index is 0.0565. The number of aliphatic imine (C=N–C) groups is 1. The summed E-state index contributed by atoms with van der Waals surface area (Å²) in [6.07, 6.45) is 0.820. The highest BCUT2D eigenvalue weighted by Gasteiger charge is 2.29. The Kier molecular flexibility index (Phi) is 4.01. The van der Waals surface area contributed by atoms with Crippen molar-refractivity contribution in [2.24, 2.45) is 15.2 Å². The fourth-order valence-electron chi connectivity index (χ4n) is 1.94. The Labute approximate surface area is 130 Å². The van der Waals surface area contributed by atoms with Gasteiger partial charge in [-0.3, -0.25) is 9.59 Å². The summed E-state index contributed by atoms with van der Waals surface area (Å²) in [5.74, 6) is 0.538. The number of amidine groups is 1. The first-order valence-electron chi connectivity index (χ1n) is 6.46. The molecule has 1 aromatic carbocycles. The van der Waals surface area contributed by atoms with E-state index in [1.165, 1.54) is 18.0 Å². The molecule has 112 valence electrons. The van der Waals surface area contributed by atoms with Gasteiger partial charge < -0.3 is 10.1 Å². The Bertz CT molecular complexity index is 709. The van der Waals surface area contributed by atoms with Crippen LogP contribution in [-0.2, 0) is 4.79 Å². The van der Waals surface area contributed by atoms with Gasteiger partial charge in [-0.25, -0.2) is 4.99 Å². The zero-order valence-corrected chi connectivity index (χ0v) is 12.5. The lowest BCUT2D eigenvalue weighted by atomic mass is 10.1. The molecule has 8 heteroatoms. The number of ketones is 1. The molecular formula is C14H12N4O3S. The normalized spacial score (nSPS) is 19.1. The molecule has 1 aromatic rings. The molecule has 22 heavy (non-hydrogen) atoms. The number of nitrogens with zero attached hydrogens (tertiary/aromatic N) is 3. The maximum atomic E-state index is 12.1. The van der Waals surface area contributed by atoms with Gasteiger partial charge in [-0.1, -0.05) is 11.8 Å². The standard InChI is InChI=1S/C14H12N4O3S/c1-21-9-4-2-8(3-5-9)11(19)7-22-14-16-12-10(6-15-18-12)13(20)17-14/h2-6,12H,7H2,1H3,(H,16,17,20). The molecule has 0 aliphatic carbocycles. The summed E-state index contributed by atoms with van der Waals surface area (Å²) < 4.78 is 5.05. The Morgan fingerprint density at radius 2 is 2.14 bits per heavy atom. The van der Waals surface area contributed by atoms with Gasteiger partial charge in [-0.05, 0) is 24.3 Å². The molecule has 0 bridgehead atoms. The molecule has 0 saturated heterocycles. The number of hydrogen-bond donors (Lipinski definition) is 1. The first-order valence-corrected chi connectivity index (χ1v) is 7.45. The Morgan fingerprint density at radius 1 is 1.36 bits per heavy atom. The molecule has 1 N–H and O–H groups in total. The van der Waals surface area contributed by atoms with Crippen LogP contribution in [0.1, 0.15) is 10.4 Å². The number of carbonyl (C=O) groups excluding carboxylic acids is 2. The van der Waals surface area contributed by atoms with Crippen LogP contribution in [0.2, 0.25) is 0 Å². The van der Waals surface area contributed by atoms with E-state index in [0.29, 0.717) is 22.1 Å². The van der Waals surface area contributed by atoms with Gasteiger partial charge in [0.2, 0.25) is 0 Å². The predicted octanol–water partition coefficient (Wildman–Crippen LogP) is 1.77. The van der Waals surface area contributed by atoms with Crippen LogP contribution in [0.5, 0.6) is 5.75 Å². The molecule has 0 radical (unpaired) electrons. The van der Waals surface area contributed by atoms with E-state index in [1.54, 1.807) is 31.4 Å². The number of ether oxygens (including phenoxy) is 1. The topological polar surface area (TPSA) is 92.5 Å². The van der Waals surface area contributed by atoms with Crippen LogP contribution >= 0.6 is 11.8 Å². The first kappa shape index (κ1) is 14.5. The van der Waals surface area contributed by atoms with Gasteiger partial charge in [0.25, 0.3) is 5.91 Å². The van der Waals surface area contributed by atoms with E-state index < -0.39 is 6.17 Å². The van der Waals surface area contributed by atoms with Crippen molar-refractivity contribution in [2.75, 3.05) is 12.9 Å². The number of amides is 1. The number of nitrogens with one attached hydrogen (secondary N) is 1. The number of fused-ring (bicyclic) bond motifs is 1. The number of rotatable bonds is 4. The molecule has 7 nitrogen and oxygen atoms in total. The lowest BCUT2D eigenvalue weighted by molar-refractivity contribution is -0.116. The van der Waals surface area contributed by atoms with Crippen molar-refractivity contribution in [3.8, 4) is 5.75 Å². The second kappa shape index (κ2) is 6.10. The Balaban J connectivity index is 1.62. The number of benzene rings is 1. The van der Waals surface area contributed by atoms with Crippen LogP contribution in [0.4, 0.5) is 0 Å². The maximum Gasteiger partial charge on any atom is 0.258 e. The molecule has 0 aromatic heterocycles. The third kappa shape index (κ3) is 2.91. The van der Waals surface area contributed by atoms with E-state index in [0.717, 1.165) is 0 Å². The van der Waals surface area contributed by atoms with Crippen molar-refractivity contribution < 1.29 is 14.3 Å². The number of carbonyl (C=O) groups is 2. The molecule has 0 fully saturated rings. The monoisotopic (exact) mass is 316 g/mol. The quantitative estimate of drug-likeness (QED) is 0.857. The zero-order chi connectivity index (χ0) is 15.5. The number of hydrogen-bond acceptors (Lipinski definition) is 7. The summed E-state index contributed by atoms with van der Waals surface area (Å²) in [6, 6.07) is 6.87. The largest absolute Gasteiger partial charge is 0.497 e. The molecule has 1 amide bonds. The van der Waals surface area contributed by atoms with Gasteiger partial charge >= 0.3 is 0 Å². The van der Waals surface area contributed by atoms with Crippen LogP contribution in [0.25, 0.3) is 0 Å². The molecule has 2 aliphatic rings. The Hall–Kier alpha value is -2.48. The second-order valence-electron chi connectivity index (χ2n) is 4.52. The van der Waals surface area contributed by atoms with Gasteiger partial charge in [0.15, 0.2) is 17.1 Å². The van der Waals surface area contributed by atoms with E-state index in [4.69, 9.17) is 4.74 Å². The molecule has 3 rings (SSSR count). The van der Waals surface area contributed by atoms with Gasteiger partial charge in [0.05, 0.1) is 24.6 Å². The number of azo groups is 1. The smallest absolute Gasteiger partial charge is 0.258 e. The number of methoxy groups -OCH3 is 1. The third-order valence-corrected chi connectivity index (χ3v) is 4.01. The van der Waals surface area contributed by atoms with Crippen molar-refractivity contribution in [3.05, 3.63) is 41.6 Å². The van der Waals surface area contributed by atoms with Gasteiger partial charge in [0.1, 0.15) is 5.75 Å².